The third kappa shape index (κ3) is 4.54. The minimum absolute atomic E-state index is 0.0688. The number of halogens is 1. The maximum Gasteiger partial charge on any atom is 0.234 e. The van der Waals surface area contributed by atoms with Crippen molar-refractivity contribution in [1.29, 1.82) is 0 Å². The molecule has 0 aromatic carbocycles. The topological polar surface area (TPSA) is 41.1 Å². The van der Waals surface area contributed by atoms with E-state index in [9.17, 15) is 4.79 Å². The predicted molar refractivity (Wildman–Crippen MR) is 80.0 cm³/mol. The molecule has 0 aliphatic carbocycles. The van der Waals surface area contributed by atoms with E-state index in [1.165, 1.54) is 0 Å². The van der Waals surface area contributed by atoms with E-state index < -0.39 is 0 Å². The summed E-state index contributed by atoms with van der Waals surface area (Å²) in [5.41, 5.74) is 0.138. The van der Waals surface area contributed by atoms with Crippen LogP contribution in [0.1, 0.15) is 54.4 Å². The van der Waals surface area contributed by atoms with Gasteiger partial charge in [-0.25, -0.2) is 0 Å². The van der Waals surface area contributed by atoms with Crippen LogP contribution in [-0.4, -0.2) is 27.9 Å². The van der Waals surface area contributed by atoms with Crippen LogP contribution in [0.2, 0.25) is 0 Å². The average Bonchev–Trinajstić information content (AvgIpc) is 2.10. The molecule has 0 aromatic rings. The van der Waals surface area contributed by atoms with E-state index in [2.05, 4.69) is 68.1 Å². The number of piperidine rings is 1. The molecule has 0 aromatic heterocycles. The predicted octanol–water partition coefficient (Wildman–Crippen LogP) is 2.83. The monoisotopic (exact) mass is 318 g/mol. The lowest BCUT2D eigenvalue weighted by Crippen LogP contribution is -2.62. The van der Waals surface area contributed by atoms with Crippen LogP contribution in [0.5, 0.6) is 0 Å². The van der Waals surface area contributed by atoms with Gasteiger partial charge in [-0.2, -0.15) is 0 Å². The molecule has 1 saturated heterocycles. The third-order valence-electron chi connectivity index (χ3n) is 3.37. The molecule has 1 unspecified atom stereocenters. The molecule has 1 aliphatic heterocycles. The van der Waals surface area contributed by atoms with Crippen molar-refractivity contribution in [3.63, 3.8) is 0 Å². The van der Waals surface area contributed by atoms with Gasteiger partial charge in [-0.15, -0.1) is 0 Å². The second-order valence-corrected chi connectivity index (χ2v) is 8.14. The Labute approximate surface area is 120 Å². The van der Waals surface area contributed by atoms with Gasteiger partial charge in [0.15, 0.2) is 0 Å². The molecule has 0 radical (unpaired) electrons. The van der Waals surface area contributed by atoms with Gasteiger partial charge in [0.05, 0.1) is 4.83 Å². The average molecular weight is 319 g/mol. The Kier molecular flexibility index (Phi) is 4.87. The van der Waals surface area contributed by atoms with Gasteiger partial charge in [0.1, 0.15) is 0 Å². The van der Waals surface area contributed by atoms with Crippen molar-refractivity contribution in [2.45, 2.75) is 76.3 Å². The van der Waals surface area contributed by atoms with E-state index in [1.54, 1.807) is 0 Å². The summed E-state index contributed by atoms with van der Waals surface area (Å²) >= 11 is 3.46. The molecule has 106 valence electrons. The van der Waals surface area contributed by atoms with Crippen LogP contribution < -0.4 is 10.6 Å². The Morgan fingerprint density at radius 1 is 1.22 bits per heavy atom. The van der Waals surface area contributed by atoms with E-state index in [0.29, 0.717) is 5.92 Å². The van der Waals surface area contributed by atoms with Gasteiger partial charge >= 0.3 is 0 Å². The van der Waals surface area contributed by atoms with Crippen molar-refractivity contribution in [2.75, 3.05) is 0 Å². The largest absolute Gasteiger partial charge is 0.352 e. The van der Waals surface area contributed by atoms with Crippen LogP contribution in [0.15, 0.2) is 0 Å². The number of rotatable bonds is 3. The molecule has 18 heavy (non-hydrogen) atoms. The molecule has 1 rings (SSSR count). The lowest BCUT2D eigenvalue weighted by Gasteiger charge is -2.46. The van der Waals surface area contributed by atoms with Gasteiger partial charge in [-0.3, -0.25) is 4.79 Å². The maximum atomic E-state index is 12.1. The van der Waals surface area contributed by atoms with Gasteiger partial charge in [0.25, 0.3) is 0 Å². The SMILES string of the molecule is CC(C)C(Br)C(=O)NC1CC(C)(C)NC(C)(C)C1. The lowest BCUT2D eigenvalue weighted by molar-refractivity contribution is -0.122. The fourth-order valence-electron chi connectivity index (χ4n) is 3.01. The molecular weight excluding hydrogens is 292 g/mol. The van der Waals surface area contributed by atoms with Gasteiger partial charge in [0.2, 0.25) is 5.91 Å². The molecule has 2 N–H and O–H groups in total. The quantitative estimate of drug-likeness (QED) is 0.786. The standard InChI is InChI=1S/C14H27BrN2O/c1-9(2)11(15)12(18)16-10-7-13(3,4)17-14(5,6)8-10/h9-11,17H,7-8H2,1-6H3,(H,16,18). The van der Waals surface area contributed by atoms with Crippen molar-refractivity contribution < 1.29 is 4.79 Å². The Morgan fingerprint density at radius 3 is 2.06 bits per heavy atom. The highest BCUT2D eigenvalue weighted by molar-refractivity contribution is 9.10. The molecule has 0 bridgehead atoms. The minimum Gasteiger partial charge on any atom is -0.352 e. The van der Waals surface area contributed by atoms with Crippen molar-refractivity contribution in [1.82, 2.24) is 10.6 Å². The van der Waals surface area contributed by atoms with Crippen molar-refractivity contribution in [3.05, 3.63) is 0 Å². The van der Waals surface area contributed by atoms with Crippen LogP contribution in [0.25, 0.3) is 0 Å². The summed E-state index contributed by atoms with van der Waals surface area (Å²) < 4.78 is 0. The number of hydrogen-bond acceptors (Lipinski definition) is 2. The summed E-state index contributed by atoms with van der Waals surface area (Å²) in [5, 5.41) is 6.81. The zero-order valence-electron chi connectivity index (χ0n) is 12.4. The summed E-state index contributed by atoms with van der Waals surface area (Å²) in [5.74, 6) is 0.427. The van der Waals surface area contributed by atoms with E-state index in [0.717, 1.165) is 12.8 Å². The lowest BCUT2D eigenvalue weighted by atomic mass is 9.79. The second-order valence-electron chi connectivity index (χ2n) is 7.15. The zero-order valence-corrected chi connectivity index (χ0v) is 14.0. The van der Waals surface area contributed by atoms with Crippen LogP contribution in [-0.2, 0) is 4.79 Å². The number of carbonyl (C=O) groups excluding carboxylic acids is 1. The van der Waals surface area contributed by atoms with Crippen LogP contribution >= 0.6 is 15.9 Å². The van der Waals surface area contributed by atoms with Gasteiger partial charge in [-0.1, -0.05) is 29.8 Å². The van der Waals surface area contributed by atoms with Gasteiger partial charge < -0.3 is 10.6 Å². The number of carbonyl (C=O) groups is 1. The first-order chi connectivity index (χ1) is 8.02. The molecule has 3 nitrogen and oxygen atoms in total. The number of nitrogens with one attached hydrogen (secondary N) is 2. The highest BCUT2D eigenvalue weighted by atomic mass is 79.9. The summed E-state index contributed by atoms with van der Waals surface area (Å²) in [6.45, 7) is 12.9. The molecule has 0 saturated carbocycles. The normalized spacial score (nSPS) is 24.9. The van der Waals surface area contributed by atoms with Gasteiger partial charge in [-0.05, 0) is 46.5 Å². The molecule has 0 spiro atoms. The summed E-state index contributed by atoms with van der Waals surface area (Å²) in [4.78, 5) is 12.0. The highest BCUT2D eigenvalue weighted by Crippen LogP contribution is 2.28. The summed E-state index contributed by atoms with van der Waals surface area (Å²) in [6, 6.07) is 0.252. The number of alkyl halides is 1. The molecule has 1 aliphatic rings. The van der Waals surface area contributed by atoms with Crippen molar-refractivity contribution >= 4 is 21.8 Å². The molecule has 1 atom stereocenters. The summed E-state index contributed by atoms with van der Waals surface area (Å²) in [6.07, 6.45) is 1.94. The molecule has 1 amide bonds. The molecule has 1 heterocycles. The Hall–Kier alpha value is -0.0900. The first-order valence-corrected chi connectivity index (χ1v) is 7.68. The Bertz CT molecular complexity index is 297. The van der Waals surface area contributed by atoms with E-state index >= 15 is 0 Å². The molecule has 1 fully saturated rings. The van der Waals surface area contributed by atoms with Gasteiger partial charge in [0, 0.05) is 17.1 Å². The smallest absolute Gasteiger partial charge is 0.234 e. The van der Waals surface area contributed by atoms with Crippen LogP contribution in [0.3, 0.4) is 0 Å². The van der Waals surface area contributed by atoms with Crippen LogP contribution in [0.4, 0.5) is 0 Å². The van der Waals surface area contributed by atoms with Crippen molar-refractivity contribution in [2.24, 2.45) is 5.92 Å². The summed E-state index contributed by atoms with van der Waals surface area (Å²) in [7, 11) is 0. The van der Waals surface area contributed by atoms with E-state index in [4.69, 9.17) is 0 Å². The maximum absolute atomic E-state index is 12.1. The van der Waals surface area contributed by atoms with Crippen LogP contribution in [0, 0.1) is 5.92 Å². The second kappa shape index (κ2) is 5.49. The molecule has 4 heteroatoms. The van der Waals surface area contributed by atoms with E-state index in [1.807, 2.05) is 0 Å². The zero-order chi connectivity index (χ0) is 14.1. The highest BCUT2D eigenvalue weighted by Gasteiger charge is 2.38. The van der Waals surface area contributed by atoms with E-state index in [-0.39, 0.29) is 27.9 Å². The fourth-order valence-corrected chi connectivity index (χ4v) is 3.14. The fraction of sp³-hybridized carbons (Fsp3) is 0.929. The molecular formula is C14H27BrN2O. The Morgan fingerprint density at radius 2 is 1.67 bits per heavy atom. The Balaban J connectivity index is 2.65. The minimum atomic E-state index is -0.0985. The first kappa shape index (κ1) is 16.0. The number of hydrogen-bond donors (Lipinski definition) is 2. The number of amides is 1. The first-order valence-electron chi connectivity index (χ1n) is 6.76. The third-order valence-corrected chi connectivity index (χ3v) is 4.85. The van der Waals surface area contributed by atoms with Crippen molar-refractivity contribution in [3.8, 4) is 0 Å².